The summed E-state index contributed by atoms with van der Waals surface area (Å²) in [7, 11) is 1.29. The highest BCUT2D eigenvalue weighted by Gasteiger charge is 2.22. The minimum Gasteiger partial charge on any atom is -0.339 e. The Morgan fingerprint density at radius 3 is 2.50 bits per heavy atom. The van der Waals surface area contributed by atoms with Crippen LogP contribution in [0.3, 0.4) is 0 Å². The fraction of sp³-hybridized carbons (Fsp3) is 0.778. The van der Waals surface area contributed by atoms with Crippen LogP contribution < -0.4 is 0 Å². The first-order chi connectivity index (χ1) is 6.52. The normalized spacial score (nSPS) is 12.3. The molecule has 0 bridgehead atoms. The minimum atomic E-state index is -2.55. The molecule has 1 amide bonds. The molecule has 0 heterocycles. The second kappa shape index (κ2) is 6.30. The molecule has 80 valence electrons. The zero-order valence-corrected chi connectivity index (χ0v) is 8.33. The number of hydrogen-bond acceptors (Lipinski definition) is 2. The van der Waals surface area contributed by atoms with Crippen molar-refractivity contribution in [2.45, 2.75) is 26.2 Å². The van der Waals surface area contributed by atoms with Gasteiger partial charge in [-0.05, 0) is 6.42 Å². The van der Waals surface area contributed by atoms with E-state index in [1.165, 1.54) is 7.05 Å². The zero-order valence-electron chi connectivity index (χ0n) is 8.33. The van der Waals surface area contributed by atoms with Gasteiger partial charge >= 0.3 is 0 Å². The van der Waals surface area contributed by atoms with Gasteiger partial charge in [-0.25, -0.2) is 8.78 Å². The van der Waals surface area contributed by atoms with Crippen molar-refractivity contribution in [1.29, 1.82) is 5.26 Å². The second-order valence-electron chi connectivity index (χ2n) is 3.08. The van der Waals surface area contributed by atoms with Gasteiger partial charge in [-0.3, -0.25) is 4.79 Å². The summed E-state index contributed by atoms with van der Waals surface area (Å²) in [6, 6.07) is 1.82. The van der Waals surface area contributed by atoms with E-state index in [0.29, 0.717) is 12.8 Å². The number of amides is 1. The zero-order chi connectivity index (χ0) is 11.1. The summed E-state index contributed by atoms with van der Waals surface area (Å²) in [5.74, 6) is -1.31. The van der Waals surface area contributed by atoms with Gasteiger partial charge in [-0.1, -0.05) is 13.3 Å². The molecule has 0 aliphatic rings. The molecule has 0 spiro atoms. The highest BCUT2D eigenvalue weighted by Crippen LogP contribution is 2.09. The Morgan fingerprint density at radius 1 is 1.57 bits per heavy atom. The molecule has 0 aromatic carbocycles. The van der Waals surface area contributed by atoms with Gasteiger partial charge in [-0.2, -0.15) is 5.26 Å². The summed E-state index contributed by atoms with van der Waals surface area (Å²) in [6.45, 7) is 1.23. The molecule has 0 fully saturated rings. The number of rotatable bonds is 5. The Balaban J connectivity index is 4.21. The number of alkyl halides is 2. The van der Waals surface area contributed by atoms with Crippen LogP contribution in [-0.2, 0) is 4.79 Å². The number of nitrogens with zero attached hydrogens (tertiary/aromatic N) is 2. The Morgan fingerprint density at radius 2 is 2.14 bits per heavy atom. The maximum Gasteiger partial charge on any atom is 0.255 e. The van der Waals surface area contributed by atoms with Gasteiger partial charge < -0.3 is 4.90 Å². The Bertz CT molecular complexity index is 225. The molecular formula is C9H14F2N2O. The molecular weight excluding hydrogens is 190 g/mol. The van der Waals surface area contributed by atoms with E-state index in [-0.39, 0.29) is 0 Å². The largest absolute Gasteiger partial charge is 0.339 e. The fourth-order valence-corrected chi connectivity index (χ4v) is 1.09. The van der Waals surface area contributed by atoms with Gasteiger partial charge in [0.05, 0.1) is 12.6 Å². The van der Waals surface area contributed by atoms with E-state index >= 15 is 0 Å². The van der Waals surface area contributed by atoms with Crippen LogP contribution in [0.5, 0.6) is 0 Å². The quantitative estimate of drug-likeness (QED) is 0.683. The first kappa shape index (κ1) is 12.8. The molecule has 0 aromatic heterocycles. The lowest BCUT2D eigenvalue weighted by Gasteiger charge is -2.19. The predicted octanol–water partition coefficient (Wildman–Crippen LogP) is 1.65. The number of nitriles is 1. The topological polar surface area (TPSA) is 44.1 Å². The lowest BCUT2D eigenvalue weighted by Crippen LogP contribution is -2.35. The number of carbonyl (C=O) groups is 1. The van der Waals surface area contributed by atoms with Crippen LogP contribution >= 0.6 is 0 Å². The van der Waals surface area contributed by atoms with Gasteiger partial charge in [0.15, 0.2) is 0 Å². The molecule has 0 aliphatic heterocycles. The van der Waals surface area contributed by atoms with Crippen LogP contribution in [0.4, 0.5) is 8.78 Å². The van der Waals surface area contributed by atoms with E-state index in [9.17, 15) is 13.6 Å². The summed E-state index contributed by atoms with van der Waals surface area (Å²) >= 11 is 0. The lowest BCUT2D eigenvalue weighted by molar-refractivity contribution is -0.134. The molecule has 0 saturated heterocycles. The fourth-order valence-electron chi connectivity index (χ4n) is 1.09. The molecule has 1 atom stereocenters. The van der Waals surface area contributed by atoms with E-state index in [1.807, 2.05) is 13.0 Å². The first-order valence-corrected chi connectivity index (χ1v) is 4.45. The summed E-state index contributed by atoms with van der Waals surface area (Å²) in [5.41, 5.74) is 0. The van der Waals surface area contributed by atoms with Gasteiger partial charge in [0.2, 0.25) is 5.91 Å². The van der Waals surface area contributed by atoms with Crippen LogP contribution in [0, 0.1) is 17.2 Å². The number of hydrogen-bond donors (Lipinski definition) is 0. The van der Waals surface area contributed by atoms with E-state index in [0.717, 1.165) is 4.90 Å². The molecule has 1 unspecified atom stereocenters. The molecule has 0 aromatic rings. The van der Waals surface area contributed by atoms with Crippen LogP contribution in [0.2, 0.25) is 0 Å². The summed E-state index contributed by atoms with van der Waals surface area (Å²) < 4.78 is 23.8. The standard InChI is InChI=1S/C9H14F2N2O/c1-3-4-7(5-12)9(14)13(2)6-8(10)11/h7-8H,3-4,6H2,1-2H3. The van der Waals surface area contributed by atoms with Crippen molar-refractivity contribution in [3.05, 3.63) is 0 Å². The maximum atomic E-state index is 11.9. The van der Waals surface area contributed by atoms with Crippen LogP contribution in [-0.4, -0.2) is 30.8 Å². The minimum absolute atomic E-state index is 0.420. The number of carbonyl (C=O) groups excluding carboxylic acids is 1. The van der Waals surface area contributed by atoms with E-state index in [2.05, 4.69) is 0 Å². The summed E-state index contributed by atoms with van der Waals surface area (Å²) in [6.07, 6.45) is -1.44. The SMILES string of the molecule is CCCC(C#N)C(=O)N(C)CC(F)F. The summed E-state index contributed by atoms with van der Waals surface area (Å²) in [4.78, 5) is 12.3. The van der Waals surface area contributed by atoms with Gasteiger partial charge in [-0.15, -0.1) is 0 Å². The molecule has 14 heavy (non-hydrogen) atoms. The van der Waals surface area contributed by atoms with Crippen molar-refractivity contribution in [2.75, 3.05) is 13.6 Å². The average molecular weight is 204 g/mol. The average Bonchev–Trinajstić information content (AvgIpc) is 2.12. The van der Waals surface area contributed by atoms with Crippen LogP contribution in [0.1, 0.15) is 19.8 Å². The second-order valence-corrected chi connectivity index (χ2v) is 3.08. The first-order valence-electron chi connectivity index (χ1n) is 4.45. The van der Waals surface area contributed by atoms with E-state index in [1.54, 1.807) is 0 Å². The predicted molar refractivity (Wildman–Crippen MR) is 47.7 cm³/mol. The van der Waals surface area contributed by atoms with Crippen molar-refractivity contribution in [2.24, 2.45) is 5.92 Å². The monoisotopic (exact) mass is 204 g/mol. The van der Waals surface area contributed by atoms with Crippen molar-refractivity contribution < 1.29 is 13.6 Å². The third kappa shape index (κ3) is 4.17. The van der Waals surface area contributed by atoms with Crippen LogP contribution in [0.25, 0.3) is 0 Å². The van der Waals surface area contributed by atoms with Gasteiger partial charge in [0.25, 0.3) is 6.43 Å². The Labute approximate surface area is 82.3 Å². The molecule has 0 rings (SSSR count). The Kier molecular flexibility index (Phi) is 5.77. The maximum absolute atomic E-state index is 11.9. The van der Waals surface area contributed by atoms with Crippen molar-refractivity contribution >= 4 is 5.91 Å². The van der Waals surface area contributed by atoms with Gasteiger partial charge in [0.1, 0.15) is 5.92 Å². The lowest BCUT2D eigenvalue weighted by atomic mass is 10.0. The number of halogens is 2. The van der Waals surface area contributed by atoms with E-state index < -0.39 is 24.8 Å². The third-order valence-electron chi connectivity index (χ3n) is 1.82. The summed E-state index contributed by atoms with van der Waals surface area (Å²) in [5, 5.41) is 8.63. The molecule has 0 N–H and O–H groups in total. The highest BCUT2D eigenvalue weighted by atomic mass is 19.3. The van der Waals surface area contributed by atoms with Gasteiger partial charge in [0, 0.05) is 7.05 Å². The van der Waals surface area contributed by atoms with Crippen LogP contribution in [0.15, 0.2) is 0 Å². The van der Waals surface area contributed by atoms with E-state index in [4.69, 9.17) is 5.26 Å². The Hall–Kier alpha value is -1.18. The molecule has 5 heteroatoms. The molecule has 0 radical (unpaired) electrons. The van der Waals surface area contributed by atoms with Crippen molar-refractivity contribution in [1.82, 2.24) is 4.90 Å². The molecule has 3 nitrogen and oxygen atoms in total. The van der Waals surface area contributed by atoms with Crippen molar-refractivity contribution in [3.63, 3.8) is 0 Å². The van der Waals surface area contributed by atoms with Crippen molar-refractivity contribution in [3.8, 4) is 6.07 Å². The smallest absolute Gasteiger partial charge is 0.255 e. The highest BCUT2D eigenvalue weighted by molar-refractivity contribution is 5.80. The molecule has 0 saturated carbocycles. The molecule has 0 aliphatic carbocycles. The third-order valence-corrected chi connectivity index (χ3v) is 1.82.